The van der Waals surface area contributed by atoms with Crippen molar-refractivity contribution in [3.8, 4) is 5.69 Å². The summed E-state index contributed by atoms with van der Waals surface area (Å²) in [4.78, 5) is 14.9. The minimum Gasteiger partial charge on any atom is -0.481 e. The fourth-order valence-corrected chi connectivity index (χ4v) is 2.91. The first-order valence-electron chi connectivity index (χ1n) is 7.06. The Kier molecular flexibility index (Phi) is 5.44. The highest BCUT2D eigenvalue weighted by Crippen LogP contribution is 2.23. The van der Waals surface area contributed by atoms with Crippen molar-refractivity contribution >= 4 is 17.7 Å². The maximum Gasteiger partial charge on any atom is 0.303 e. The smallest absolute Gasteiger partial charge is 0.303 e. The van der Waals surface area contributed by atoms with Crippen molar-refractivity contribution in [1.29, 1.82) is 0 Å². The highest BCUT2D eigenvalue weighted by molar-refractivity contribution is 7.99. The highest BCUT2D eigenvalue weighted by atomic mass is 32.2. The number of hydrogen-bond acceptors (Lipinski definition) is 3. The monoisotopic (exact) mass is 304 g/mol. The SMILES string of the molecule is CC(C)c1ccc(-n2ccnc2SCCCC(=O)O)cc1. The summed E-state index contributed by atoms with van der Waals surface area (Å²) >= 11 is 1.59. The molecule has 1 heterocycles. The molecule has 1 aromatic heterocycles. The van der Waals surface area contributed by atoms with E-state index in [1.165, 1.54) is 5.56 Å². The van der Waals surface area contributed by atoms with E-state index in [9.17, 15) is 4.79 Å². The number of aromatic nitrogens is 2. The van der Waals surface area contributed by atoms with Crippen LogP contribution >= 0.6 is 11.8 Å². The second kappa shape index (κ2) is 7.31. The largest absolute Gasteiger partial charge is 0.481 e. The zero-order valence-corrected chi connectivity index (χ0v) is 13.1. The predicted octanol–water partition coefficient (Wildman–Crippen LogP) is 3.95. The van der Waals surface area contributed by atoms with Crippen LogP contribution in [-0.4, -0.2) is 26.4 Å². The van der Waals surface area contributed by atoms with Crippen LogP contribution in [0.4, 0.5) is 0 Å². The van der Waals surface area contributed by atoms with Crippen LogP contribution in [0.5, 0.6) is 0 Å². The summed E-state index contributed by atoms with van der Waals surface area (Å²) < 4.78 is 2.04. The molecule has 112 valence electrons. The number of carboxylic acid groups (broad SMARTS) is 1. The number of benzene rings is 1. The van der Waals surface area contributed by atoms with Crippen molar-refractivity contribution in [3.05, 3.63) is 42.2 Å². The van der Waals surface area contributed by atoms with Gasteiger partial charge in [0.05, 0.1) is 0 Å². The second-order valence-electron chi connectivity index (χ2n) is 5.17. The van der Waals surface area contributed by atoms with E-state index in [2.05, 4.69) is 43.1 Å². The van der Waals surface area contributed by atoms with Gasteiger partial charge in [-0.3, -0.25) is 9.36 Å². The van der Waals surface area contributed by atoms with E-state index in [0.29, 0.717) is 12.3 Å². The number of thioether (sulfide) groups is 1. The fraction of sp³-hybridized carbons (Fsp3) is 0.375. The third-order valence-corrected chi connectivity index (χ3v) is 4.26. The molecule has 4 nitrogen and oxygen atoms in total. The Balaban J connectivity index is 2.03. The molecule has 1 aromatic carbocycles. The van der Waals surface area contributed by atoms with Crippen LogP contribution in [0.1, 0.15) is 38.2 Å². The zero-order chi connectivity index (χ0) is 15.2. The molecule has 0 aliphatic heterocycles. The van der Waals surface area contributed by atoms with Gasteiger partial charge in [0.25, 0.3) is 0 Å². The van der Waals surface area contributed by atoms with Crippen LogP contribution in [0, 0.1) is 0 Å². The molecule has 0 saturated carbocycles. The Morgan fingerprint density at radius 1 is 1.33 bits per heavy atom. The fourth-order valence-electron chi connectivity index (χ4n) is 2.00. The molecule has 0 unspecified atom stereocenters. The topological polar surface area (TPSA) is 55.1 Å². The van der Waals surface area contributed by atoms with E-state index in [-0.39, 0.29) is 6.42 Å². The molecule has 0 bridgehead atoms. The summed E-state index contributed by atoms with van der Waals surface area (Å²) in [6.45, 7) is 4.35. The molecule has 0 aliphatic carbocycles. The minimum atomic E-state index is -0.747. The lowest BCUT2D eigenvalue weighted by molar-refractivity contribution is -0.137. The van der Waals surface area contributed by atoms with E-state index >= 15 is 0 Å². The molecule has 0 amide bonds. The molecular weight excluding hydrogens is 284 g/mol. The van der Waals surface area contributed by atoms with Gasteiger partial charge in [0.1, 0.15) is 0 Å². The molecule has 5 heteroatoms. The number of nitrogens with zero attached hydrogens (tertiary/aromatic N) is 2. The summed E-state index contributed by atoms with van der Waals surface area (Å²) in [5, 5.41) is 9.54. The molecular formula is C16H20N2O2S. The van der Waals surface area contributed by atoms with Crippen LogP contribution in [0.3, 0.4) is 0 Å². The van der Waals surface area contributed by atoms with Crippen molar-refractivity contribution in [2.24, 2.45) is 0 Å². The van der Waals surface area contributed by atoms with Gasteiger partial charge < -0.3 is 5.11 Å². The van der Waals surface area contributed by atoms with Crippen molar-refractivity contribution in [2.75, 3.05) is 5.75 Å². The van der Waals surface area contributed by atoms with Gasteiger partial charge in [-0.1, -0.05) is 37.7 Å². The lowest BCUT2D eigenvalue weighted by Crippen LogP contribution is -1.98. The van der Waals surface area contributed by atoms with E-state index in [4.69, 9.17) is 5.11 Å². The van der Waals surface area contributed by atoms with Gasteiger partial charge in [-0.25, -0.2) is 4.98 Å². The normalized spacial score (nSPS) is 11.0. The van der Waals surface area contributed by atoms with Gasteiger partial charge in [0.2, 0.25) is 0 Å². The van der Waals surface area contributed by atoms with Crippen LogP contribution in [0.15, 0.2) is 41.8 Å². The summed E-state index contributed by atoms with van der Waals surface area (Å²) in [5.41, 5.74) is 2.40. The molecule has 21 heavy (non-hydrogen) atoms. The molecule has 0 fully saturated rings. The zero-order valence-electron chi connectivity index (χ0n) is 12.3. The maximum atomic E-state index is 10.5. The van der Waals surface area contributed by atoms with E-state index in [0.717, 1.165) is 16.6 Å². The average Bonchev–Trinajstić information content (AvgIpc) is 2.92. The second-order valence-corrected chi connectivity index (χ2v) is 6.23. The summed E-state index contributed by atoms with van der Waals surface area (Å²) in [6.07, 6.45) is 4.57. The molecule has 0 aliphatic rings. The standard InChI is InChI=1S/C16H20N2O2S/c1-12(2)13-5-7-14(8-6-13)18-10-9-17-16(18)21-11-3-4-15(19)20/h5-10,12H,3-4,11H2,1-2H3,(H,19,20). The Morgan fingerprint density at radius 3 is 2.67 bits per heavy atom. The number of aliphatic carboxylic acids is 1. The Bertz CT molecular complexity index is 591. The lowest BCUT2D eigenvalue weighted by atomic mass is 10.0. The third kappa shape index (κ3) is 4.36. The molecule has 0 spiro atoms. The van der Waals surface area contributed by atoms with Gasteiger partial charge in [-0.15, -0.1) is 0 Å². The van der Waals surface area contributed by atoms with Crippen LogP contribution < -0.4 is 0 Å². The van der Waals surface area contributed by atoms with Gasteiger partial charge in [-0.05, 0) is 30.0 Å². The predicted molar refractivity (Wildman–Crippen MR) is 85.2 cm³/mol. The van der Waals surface area contributed by atoms with Crippen molar-refractivity contribution < 1.29 is 9.90 Å². The number of carboxylic acids is 1. The molecule has 2 rings (SSSR count). The number of carbonyl (C=O) groups is 1. The minimum absolute atomic E-state index is 0.205. The average molecular weight is 304 g/mol. The van der Waals surface area contributed by atoms with E-state index in [1.807, 2.05) is 10.8 Å². The van der Waals surface area contributed by atoms with E-state index in [1.54, 1.807) is 18.0 Å². The van der Waals surface area contributed by atoms with E-state index < -0.39 is 5.97 Å². The Morgan fingerprint density at radius 2 is 2.05 bits per heavy atom. The molecule has 0 radical (unpaired) electrons. The van der Waals surface area contributed by atoms with Gasteiger partial charge in [-0.2, -0.15) is 0 Å². The summed E-state index contributed by atoms with van der Waals surface area (Å²) in [6, 6.07) is 8.47. The van der Waals surface area contributed by atoms with Gasteiger partial charge >= 0.3 is 5.97 Å². The number of imidazole rings is 1. The summed E-state index contributed by atoms with van der Waals surface area (Å²) in [5.74, 6) is 0.530. The van der Waals surface area contributed by atoms with Gasteiger partial charge in [0, 0.05) is 30.3 Å². The molecule has 1 N–H and O–H groups in total. The quantitative estimate of drug-likeness (QED) is 0.621. The van der Waals surface area contributed by atoms with Crippen LogP contribution in [0.25, 0.3) is 5.69 Å². The molecule has 2 aromatic rings. The molecule has 0 atom stereocenters. The third-order valence-electron chi connectivity index (χ3n) is 3.21. The van der Waals surface area contributed by atoms with Crippen LogP contribution in [0.2, 0.25) is 0 Å². The lowest BCUT2D eigenvalue weighted by Gasteiger charge is -2.10. The highest BCUT2D eigenvalue weighted by Gasteiger charge is 2.07. The maximum absolute atomic E-state index is 10.5. The van der Waals surface area contributed by atoms with Crippen molar-refractivity contribution in [3.63, 3.8) is 0 Å². The number of rotatable bonds is 7. The first kappa shape index (κ1) is 15.6. The Labute approximate surface area is 129 Å². The first-order chi connectivity index (χ1) is 10.1. The van der Waals surface area contributed by atoms with Crippen molar-refractivity contribution in [1.82, 2.24) is 9.55 Å². The molecule has 0 saturated heterocycles. The van der Waals surface area contributed by atoms with Crippen LogP contribution in [-0.2, 0) is 4.79 Å². The number of hydrogen-bond donors (Lipinski definition) is 1. The Hall–Kier alpha value is -1.75. The van der Waals surface area contributed by atoms with Crippen molar-refractivity contribution in [2.45, 2.75) is 37.8 Å². The van der Waals surface area contributed by atoms with Gasteiger partial charge in [0.15, 0.2) is 5.16 Å². The first-order valence-corrected chi connectivity index (χ1v) is 8.04. The summed E-state index contributed by atoms with van der Waals surface area (Å²) in [7, 11) is 0.